The second-order valence-corrected chi connectivity index (χ2v) is 10.4. The van der Waals surface area contributed by atoms with E-state index < -0.39 is 10.0 Å². The van der Waals surface area contributed by atoms with E-state index in [-0.39, 0.29) is 16.5 Å². The van der Waals surface area contributed by atoms with Gasteiger partial charge in [-0.2, -0.15) is 4.31 Å². The molecule has 1 aliphatic rings. The predicted octanol–water partition coefficient (Wildman–Crippen LogP) is 4.25. The van der Waals surface area contributed by atoms with Crippen LogP contribution in [0.25, 0.3) is 11.3 Å². The predicted molar refractivity (Wildman–Crippen MR) is 122 cm³/mol. The molecular weight excluding hydrogens is 432 g/mol. The second kappa shape index (κ2) is 8.86. The molecule has 162 valence electrons. The number of benzene rings is 1. The van der Waals surface area contributed by atoms with Crippen LogP contribution in [-0.2, 0) is 10.0 Å². The van der Waals surface area contributed by atoms with Crippen molar-refractivity contribution < 1.29 is 13.2 Å². The quantitative estimate of drug-likeness (QED) is 0.620. The molecular formula is C22H24N4O3S2. The molecule has 0 bridgehead atoms. The van der Waals surface area contributed by atoms with Crippen molar-refractivity contribution in [2.75, 3.05) is 18.4 Å². The average molecular weight is 457 g/mol. The summed E-state index contributed by atoms with van der Waals surface area (Å²) in [4.78, 5) is 21.2. The van der Waals surface area contributed by atoms with E-state index in [0.717, 1.165) is 41.6 Å². The van der Waals surface area contributed by atoms with E-state index in [2.05, 4.69) is 27.4 Å². The number of piperidine rings is 1. The Labute approximate surface area is 186 Å². The minimum atomic E-state index is -3.62. The molecule has 1 fully saturated rings. The first-order chi connectivity index (χ1) is 14.8. The monoisotopic (exact) mass is 456 g/mol. The van der Waals surface area contributed by atoms with Crippen LogP contribution in [0.15, 0.2) is 46.9 Å². The second-order valence-electron chi connectivity index (χ2n) is 7.66. The molecule has 0 aliphatic carbocycles. The first-order valence-electron chi connectivity index (χ1n) is 10.2. The van der Waals surface area contributed by atoms with Crippen molar-refractivity contribution in [2.45, 2.75) is 38.1 Å². The maximum absolute atomic E-state index is 12.7. The van der Waals surface area contributed by atoms with E-state index in [1.54, 1.807) is 0 Å². The zero-order chi connectivity index (χ0) is 22.0. The molecule has 1 aromatic carbocycles. The molecule has 2 aromatic heterocycles. The largest absolute Gasteiger partial charge is 0.298 e. The highest BCUT2D eigenvalue weighted by atomic mass is 32.2. The van der Waals surface area contributed by atoms with Crippen LogP contribution in [0.5, 0.6) is 0 Å². The molecule has 31 heavy (non-hydrogen) atoms. The first-order valence-corrected chi connectivity index (χ1v) is 12.5. The van der Waals surface area contributed by atoms with Crippen molar-refractivity contribution in [3.8, 4) is 11.3 Å². The highest BCUT2D eigenvalue weighted by Crippen LogP contribution is 2.28. The lowest BCUT2D eigenvalue weighted by atomic mass is 10.0. The Hall–Kier alpha value is -2.62. The molecule has 0 unspecified atom stereocenters. The normalized spacial score (nSPS) is 15.0. The number of sulfonamides is 1. The molecule has 0 radical (unpaired) electrons. The number of hydrogen-bond acceptors (Lipinski definition) is 6. The standard InChI is InChI=1S/C22H24N4O3S2/c1-15-6-7-16(2)18(12-15)19-14-30-22(24-19)25-21(27)17-8-9-20(23-13-17)31(28,29)26-10-4-3-5-11-26/h6-9,12-14H,3-5,10-11H2,1-2H3,(H,24,25,27). The number of nitrogens with zero attached hydrogens (tertiary/aromatic N) is 3. The molecule has 7 nitrogen and oxygen atoms in total. The lowest BCUT2D eigenvalue weighted by molar-refractivity contribution is 0.102. The molecule has 0 spiro atoms. The number of pyridine rings is 1. The third-order valence-corrected chi connectivity index (χ3v) is 7.88. The van der Waals surface area contributed by atoms with Crippen LogP contribution < -0.4 is 5.32 Å². The van der Waals surface area contributed by atoms with Crippen molar-refractivity contribution in [2.24, 2.45) is 0 Å². The molecule has 0 atom stereocenters. The van der Waals surface area contributed by atoms with Crippen LogP contribution in [0.4, 0.5) is 5.13 Å². The molecule has 3 aromatic rings. The zero-order valence-electron chi connectivity index (χ0n) is 17.5. The minimum Gasteiger partial charge on any atom is -0.298 e. The molecule has 1 N–H and O–H groups in total. The maximum atomic E-state index is 12.7. The lowest BCUT2D eigenvalue weighted by Crippen LogP contribution is -2.36. The van der Waals surface area contributed by atoms with Crippen molar-refractivity contribution >= 4 is 32.4 Å². The maximum Gasteiger partial charge on any atom is 0.260 e. The van der Waals surface area contributed by atoms with Crippen LogP contribution in [0.2, 0.25) is 0 Å². The highest BCUT2D eigenvalue weighted by Gasteiger charge is 2.27. The van der Waals surface area contributed by atoms with Crippen molar-refractivity contribution in [1.29, 1.82) is 0 Å². The number of carbonyl (C=O) groups is 1. The van der Waals surface area contributed by atoms with E-state index in [1.165, 1.54) is 34.0 Å². The van der Waals surface area contributed by atoms with Gasteiger partial charge in [0, 0.05) is 30.2 Å². The number of hydrogen-bond donors (Lipinski definition) is 1. The van der Waals surface area contributed by atoms with Gasteiger partial charge in [0.2, 0.25) is 0 Å². The summed E-state index contributed by atoms with van der Waals surface area (Å²) in [6, 6.07) is 9.05. The molecule has 1 saturated heterocycles. The van der Waals surface area contributed by atoms with Gasteiger partial charge in [0.05, 0.1) is 11.3 Å². The summed E-state index contributed by atoms with van der Waals surface area (Å²) in [6.45, 7) is 5.08. The summed E-state index contributed by atoms with van der Waals surface area (Å²) >= 11 is 1.34. The van der Waals surface area contributed by atoms with Gasteiger partial charge < -0.3 is 0 Å². The molecule has 1 amide bonds. The minimum absolute atomic E-state index is 0.0302. The Kier molecular flexibility index (Phi) is 6.17. The third-order valence-electron chi connectivity index (χ3n) is 5.31. The number of aromatic nitrogens is 2. The van der Waals surface area contributed by atoms with Gasteiger partial charge in [-0.15, -0.1) is 11.3 Å². The number of nitrogens with one attached hydrogen (secondary N) is 1. The number of anilines is 1. The summed E-state index contributed by atoms with van der Waals surface area (Å²) < 4.78 is 26.9. The van der Waals surface area contributed by atoms with Crippen LogP contribution in [-0.4, -0.2) is 41.7 Å². The molecule has 0 saturated carbocycles. The SMILES string of the molecule is Cc1ccc(C)c(-c2csc(NC(=O)c3ccc(S(=O)(=O)N4CCCCC4)nc3)n2)c1. The Bertz CT molecular complexity index is 1200. The van der Waals surface area contributed by atoms with E-state index in [4.69, 9.17) is 0 Å². The van der Waals surface area contributed by atoms with Gasteiger partial charge in [-0.3, -0.25) is 10.1 Å². The smallest absolute Gasteiger partial charge is 0.260 e. The van der Waals surface area contributed by atoms with Gasteiger partial charge in [-0.25, -0.2) is 18.4 Å². The van der Waals surface area contributed by atoms with E-state index in [9.17, 15) is 13.2 Å². The fraction of sp³-hybridized carbons (Fsp3) is 0.318. The Balaban J connectivity index is 1.47. The fourth-order valence-electron chi connectivity index (χ4n) is 3.54. The molecule has 9 heteroatoms. The van der Waals surface area contributed by atoms with Crippen LogP contribution in [0.1, 0.15) is 40.7 Å². The third kappa shape index (κ3) is 4.68. The van der Waals surface area contributed by atoms with Crippen LogP contribution in [0, 0.1) is 13.8 Å². The van der Waals surface area contributed by atoms with Gasteiger partial charge in [0.25, 0.3) is 15.9 Å². The van der Waals surface area contributed by atoms with Crippen molar-refractivity contribution in [3.63, 3.8) is 0 Å². The van der Waals surface area contributed by atoms with Gasteiger partial charge in [0.15, 0.2) is 10.2 Å². The van der Waals surface area contributed by atoms with Crippen molar-refractivity contribution in [3.05, 3.63) is 58.6 Å². The summed E-state index contributed by atoms with van der Waals surface area (Å²) in [6.07, 6.45) is 4.06. The lowest BCUT2D eigenvalue weighted by Gasteiger charge is -2.25. The highest BCUT2D eigenvalue weighted by molar-refractivity contribution is 7.89. The van der Waals surface area contributed by atoms with Gasteiger partial charge >= 0.3 is 0 Å². The van der Waals surface area contributed by atoms with Crippen LogP contribution >= 0.6 is 11.3 Å². The average Bonchev–Trinajstić information content (AvgIpc) is 3.24. The molecule has 4 rings (SSSR count). The number of aryl methyl sites for hydroxylation is 2. The summed E-state index contributed by atoms with van der Waals surface area (Å²) in [7, 11) is -3.62. The van der Waals surface area contributed by atoms with Gasteiger partial charge in [-0.1, -0.05) is 24.1 Å². The Morgan fingerprint density at radius 3 is 2.58 bits per heavy atom. The summed E-state index contributed by atoms with van der Waals surface area (Å²) in [5.41, 5.74) is 4.38. The summed E-state index contributed by atoms with van der Waals surface area (Å²) in [5, 5.41) is 5.13. The Morgan fingerprint density at radius 1 is 1.10 bits per heavy atom. The number of thiazole rings is 1. The van der Waals surface area contributed by atoms with E-state index >= 15 is 0 Å². The van der Waals surface area contributed by atoms with Gasteiger partial charge in [-0.05, 0) is 50.5 Å². The van der Waals surface area contributed by atoms with Crippen LogP contribution in [0.3, 0.4) is 0 Å². The molecule has 3 heterocycles. The topological polar surface area (TPSA) is 92.3 Å². The fourth-order valence-corrected chi connectivity index (χ4v) is 5.68. The number of amides is 1. The van der Waals surface area contributed by atoms with Gasteiger partial charge in [0.1, 0.15) is 0 Å². The number of rotatable bonds is 5. The number of carbonyl (C=O) groups excluding carboxylic acids is 1. The van der Waals surface area contributed by atoms with Crippen molar-refractivity contribution in [1.82, 2.24) is 14.3 Å². The zero-order valence-corrected chi connectivity index (χ0v) is 19.1. The van der Waals surface area contributed by atoms with E-state index in [0.29, 0.717) is 18.2 Å². The first kappa shape index (κ1) is 21.6. The summed E-state index contributed by atoms with van der Waals surface area (Å²) in [5.74, 6) is -0.378. The Morgan fingerprint density at radius 2 is 1.87 bits per heavy atom. The van der Waals surface area contributed by atoms with E-state index in [1.807, 2.05) is 25.3 Å². The molecule has 1 aliphatic heterocycles.